The van der Waals surface area contributed by atoms with Crippen LogP contribution in [0.4, 0.5) is 16.2 Å². The molecule has 221 valence electrons. The molecule has 0 aromatic heterocycles. The van der Waals surface area contributed by atoms with Crippen LogP contribution in [0.1, 0.15) is 30.4 Å². The molecule has 1 aliphatic heterocycles. The largest absolute Gasteiger partial charge is 0.508 e. The molecule has 1 aliphatic rings. The van der Waals surface area contributed by atoms with Crippen molar-refractivity contribution in [3.8, 4) is 16.9 Å². The zero-order valence-electron chi connectivity index (χ0n) is 24.1. The molecule has 0 atom stereocenters. The minimum absolute atomic E-state index is 0.0338. The molecule has 8 nitrogen and oxygen atoms in total. The van der Waals surface area contributed by atoms with E-state index in [-0.39, 0.29) is 24.7 Å². The number of amides is 2. The van der Waals surface area contributed by atoms with E-state index in [0.717, 1.165) is 40.8 Å². The lowest BCUT2D eigenvalue weighted by molar-refractivity contribution is -0.116. The number of nitrogens with zero attached hydrogens (tertiary/aromatic N) is 2. The summed E-state index contributed by atoms with van der Waals surface area (Å²) >= 11 is 0. The third-order valence-electron chi connectivity index (χ3n) is 7.24. The Hall–Kier alpha value is -4.66. The highest BCUT2D eigenvalue weighted by molar-refractivity contribution is 5.94. The molecule has 0 spiro atoms. The van der Waals surface area contributed by atoms with Crippen molar-refractivity contribution < 1.29 is 19.4 Å². The van der Waals surface area contributed by atoms with E-state index >= 15 is 0 Å². The van der Waals surface area contributed by atoms with Gasteiger partial charge in [-0.25, -0.2) is 14.8 Å². The fraction of sp³-hybridized carbons (Fsp3) is 0.229. The Labute approximate surface area is 252 Å². The molecule has 0 unspecified atom stereocenters. The van der Waals surface area contributed by atoms with Crippen molar-refractivity contribution >= 4 is 23.4 Å². The molecule has 5 rings (SSSR count). The van der Waals surface area contributed by atoms with Crippen molar-refractivity contribution in [3.05, 3.63) is 121 Å². The van der Waals surface area contributed by atoms with Crippen LogP contribution in [0.25, 0.3) is 11.1 Å². The highest BCUT2D eigenvalue weighted by Gasteiger charge is 2.28. The molecule has 4 aromatic rings. The van der Waals surface area contributed by atoms with E-state index < -0.39 is 6.09 Å². The highest BCUT2D eigenvalue weighted by Crippen LogP contribution is 2.33. The van der Waals surface area contributed by atoms with Gasteiger partial charge in [0, 0.05) is 37.4 Å². The zero-order chi connectivity index (χ0) is 29.9. The summed E-state index contributed by atoms with van der Waals surface area (Å²) in [6, 6.07) is 32.5. The topological polar surface area (TPSA) is 94.1 Å². The molecular weight excluding hydrogens is 540 g/mol. The number of ether oxygens (including phenoxy) is 1. The molecule has 0 bridgehead atoms. The Kier molecular flexibility index (Phi) is 10.4. The molecule has 4 aromatic carbocycles. The summed E-state index contributed by atoms with van der Waals surface area (Å²) in [4.78, 5) is 26.2. The van der Waals surface area contributed by atoms with E-state index in [4.69, 9.17) is 4.74 Å². The van der Waals surface area contributed by atoms with Crippen LogP contribution in [0.15, 0.2) is 103 Å². The van der Waals surface area contributed by atoms with Crippen LogP contribution in [0.5, 0.6) is 5.75 Å². The quantitative estimate of drug-likeness (QED) is 0.188. The Balaban J connectivity index is 1.14. The molecule has 0 saturated carbocycles. The van der Waals surface area contributed by atoms with Crippen LogP contribution >= 0.6 is 0 Å². The van der Waals surface area contributed by atoms with Crippen molar-refractivity contribution in [1.82, 2.24) is 10.3 Å². The Bertz CT molecular complexity index is 1470. The van der Waals surface area contributed by atoms with Crippen LogP contribution in [0, 0.1) is 6.42 Å². The molecule has 1 fully saturated rings. The maximum Gasteiger partial charge on any atom is 0.429 e. The number of benzene rings is 4. The molecule has 0 aliphatic carbocycles. The molecule has 1 heterocycles. The predicted octanol–water partition coefficient (Wildman–Crippen LogP) is 6.54. The van der Waals surface area contributed by atoms with Gasteiger partial charge < -0.3 is 20.5 Å². The smallest absolute Gasteiger partial charge is 0.429 e. The van der Waals surface area contributed by atoms with Gasteiger partial charge in [-0.1, -0.05) is 72.8 Å². The lowest BCUT2D eigenvalue weighted by Gasteiger charge is -2.37. The van der Waals surface area contributed by atoms with Gasteiger partial charge in [0.2, 0.25) is 5.91 Å². The van der Waals surface area contributed by atoms with Gasteiger partial charge in [-0.05, 0) is 66.3 Å². The van der Waals surface area contributed by atoms with Gasteiger partial charge in [-0.15, -0.1) is 0 Å². The Morgan fingerprint density at radius 2 is 1.42 bits per heavy atom. The minimum Gasteiger partial charge on any atom is -0.508 e. The number of para-hydroxylation sites is 1. The van der Waals surface area contributed by atoms with E-state index in [2.05, 4.69) is 17.1 Å². The molecule has 1 radical (unpaired) electrons. The second-order valence-electron chi connectivity index (χ2n) is 10.4. The second-order valence-corrected chi connectivity index (χ2v) is 10.4. The summed E-state index contributed by atoms with van der Waals surface area (Å²) < 4.78 is 5.67. The van der Waals surface area contributed by atoms with E-state index in [9.17, 15) is 14.7 Å². The number of nitrogens with one attached hydrogen (secondary N) is 2. The van der Waals surface area contributed by atoms with Crippen molar-refractivity contribution in [1.29, 1.82) is 0 Å². The zero-order valence-corrected chi connectivity index (χ0v) is 24.1. The highest BCUT2D eigenvalue weighted by atomic mass is 16.6. The fourth-order valence-corrected chi connectivity index (χ4v) is 5.01. The van der Waals surface area contributed by atoms with Crippen LogP contribution in [0.3, 0.4) is 0 Å². The number of piperidine rings is 1. The molecule has 2 amide bonds. The fourth-order valence-electron chi connectivity index (χ4n) is 5.01. The predicted molar refractivity (Wildman–Crippen MR) is 169 cm³/mol. The average Bonchev–Trinajstić information content (AvgIpc) is 3.04. The molecule has 43 heavy (non-hydrogen) atoms. The molecule has 1 saturated heterocycles. The van der Waals surface area contributed by atoms with Gasteiger partial charge in [-0.3, -0.25) is 4.79 Å². The maximum absolute atomic E-state index is 13.5. The maximum atomic E-state index is 13.5. The summed E-state index contributed by atoms with van der Waals surface area (Å²) in [5.41, 5.74) is 5.55. The lowest BCUT2D eigenvalue weighted by atomic mass is 10.0. The van der Waals surface area contributed by atoms with E-state index in [0.29, 0.717) is 31.9 Å². The molecule has 8 heteroatoms. The van der Waals surface area contributed by atoms with Gasteiger partial charge in [0.05, 0.1) is 12.1 Å². The molecular formula is C35H37N4O4. The van der Waals surface area contributed by atoms with E-state index in [1.165, 1.54) is 0 Å². The number of hydrogen-bond acceptors (Lipinski definition) is 6. The number of carbonyl (C=O) groups excluding carboxylic acids is 2. The third kappa shape index (κ3) is 8.44. The van der Waals surface area contributed by atoms with Gasteiger partial charge in [0.15, 0.2) is 0 Å². The van der Waals surface area contributed by atoms with Crippen LogP contribution in [-0.2, 0) is 22.6 Å². The number of aromatic hydroxyl groups is 1. The van der Waals surface area contributed by atoms with E-state index in [1.54, 1.807) is 17.1 Å². The first-order valence-corrected chi connectivity index (χ1v) is 14.6. The number of carbonyl (C=O) groups is 2. The Morgan fingerprint density at radius 3 is 2.12 bits per heavy atom. The summed E-state index contributed by atoms with van der Waals surface area (Å²) in [6.07, 6.45) is 3.54. The summed E-state index contributed by atoms with van der Waals surface area (Å²) in [7, 11) is 0. The SMILES string of the molecule is O=C(CCOC(=O)N(c1ccccc1-c1ccccc1)N1CC[CH]CC1)Nc1ccc(CNCc2ccc(O)cc2)cc1. The van der Waals surface area contributed by atoms with Crippen LogP contribution < -0.4 is 15.6 Å². The first-order valence-electron chi connectivity index (χ1n) is 14.6. The van der Waals surface area contributed by atoms with Crippen molar-refractivity contribution in [3.63, 3.8) is 0 Å². The number of phenolic OH excluding ortho intramolecular Hbond substituents is 1. The third-order valence-corrected chi connectivity index (χ3v) is 7.24. The number of anilines is 2. The Morgan fingerprint density at radius 1 is 0.791 bits per heavy atom. The molecule has 3 N–H and O–H groups in total. The lowest BCUT2D eigenvalue weighted by Crippen LogP contribution is -2.49. The number of phenols is 1. The number of hydrogen-bond donors (Lipinski definition) is 3. The second kappa shape index (κ2) is 15.0. The number of rotatable bonds is 11. The first kappa shape index (κ1) is 29.8. The van der Waals surface area contributed by atoms with E-state index in [1.807, 2.05) is 96.0 Å². The summed E-state index contributed by atoms with van der Waals surface area (Å²) in [5, 5.41) is 19.3. The van der Waals surface area contributed by atoms with Gasteiger partial charge in [0.25, 0.3) is 0 Å². The summed E-state index contributed by atoms with van der Waals surface area (Å²) in [6.45, 7) is 2.74. The van der Waals surface area contributed by atoms with Crippen LogP contribution in [-0.4, -0.2) is 41.8 Å². The minimum atomic E-state index is -0.498. The van der Waals surface area contributed by atoms with Crippen molar-refractivity contribution in [2.45, 2.75) is 32.4 Å². The first-order chi connectivity index (χ1) is 21.1. The van der Waals surface area contributed by atoms with Crippen LogP contribution in [0.2, 0.25) is 0 Å². The van der Waals surface area contributed by atoms with Gasteiger partial charge >= 0.3 is 6.09 Å². The van der Waals surface area contributed by atoms with Gasteiger partial charge in [-0.2, -0.15) is 0 Å². The van der Waals surface area contributed by atoms with Crippen molar-refractivity contribution in [2.24, 2.45) is 0 Å². The number of hydrazine groups is 1. The van der Waals surface area contributed by atoms with Crippen molar-refractivity contribution in [2.75, 3.05) is 30.0 Å². The average molecular weight is 578 g/mol. The summed E-state index contributed by atoms with van der Waals surface area (Å²) in [5.74, 6) is 0.0253. The normalized spacial score (nSPS) is 13.3. The van der Waals surface area contributed by atoms with Gasteiger partial charge in [0.1, 0.15) is 12.4 Å². The standard InChI is InChI=1S/C35H37N4O4/c40-31-19-15-28(16-20-31)26-36-25-27-13-17-30(18-14-27)37-34(41)21-24-43-35(42)39(38-22-7-2-8-23-38)33-12-6-5-11-32(33)29-9-3-1-4-10-29/h1-6,9-20,36,40H,7-8,21-26H2,(H,37,41). The monoisotopic (exact) mass is 577 g/mol.